The van der Waals surface area contributed by atoms with Gasteiger partial charge in [-0.1, -0.05) is 0 Å². The minimum atomic E-state index is -3.67. The van der Waals surface area contributed by atoms with Crippen molar-refractivity contribution in [1.29, 1.82) is 0 Å². The summed E-state index contributed by atoms with van der Waals surface area (Å²) >= 11 is 0. The van der Waals surface area contributed by atoms with Crippen molar-refractivity contribution in [2.24, 2.45) is 0 Å². The lowest BCUT2D eigenvalue weighted by Gasteiger charge is -1.69. The lowest BCUT2D eigenvalue weighted by Crippen LogP contribution is -1.88. The third-order valence-corrected chi connectivity index (χ3v) is 0. The molecule has 0 aromatic rings. The van der Waals surface area contributed by atoms with Gasteiger partial charge >= 0.3 is 0 Å². The van der Waals surface area contributed by atoms with E-state index in [9.17, 15) is 25.3 Å². The molecule has 12 heteroatoms. The van der Waals surface area contributed by atoms with E-state index in [2.05, 4.69) is 10.7 Å². The van der Waals surface area contributed by atoms with Crippen LogP contribution in [0.3, 0.4) is 0 Å². The lowest BCUT2D eigenvalue weighted by molar-refractivity contribution is 0.488. The van der Waals surface area contributed by atoms with Gasteiger partial charge in [0.1, 0.15) is 0 Å². The van der Waals surface area contributed by atoms with Crippen molar-refractivity contribution >= 4 is 40.0 Å². The van der Waals surface area contributed by atoms with Crippen molar-refractivity contribution in [3.05, 3.63) is 0 Å². The number of hydrogen-bond donors (Lipinski definition) is 2. The molecule has 15 heavy (non-hydrogen) atoms. The van der Waals surface area contributed by atoms with Gasteiger partial charge in [0.25, 0.3) is 20.2 Å². The second-order valence-electron chi connectivity index (χ2n) is 2.15. The quantitative estimate of drug-likeness (QED) is 0.437. The van der Waals surface area contributed by atoms with Crippen molar-refractivity contribution in [3.63, 3.8) is 0 Å². The van der Waals surface area contributed by atoms with Gasteiger partial charge in [-0.3, -0.25) is 9.11 Å². The molecule has 0 aliphatic carbocycles. The zero-order valence-electron chi connectivity index (χ0n) is 7.95. The predicted molar refractivity (Wildman–Crippen MR) is 55.6 cm³/mol. The Morgan fingerprint density at radius 1 is 0.733 bits per heavy atom. The average Bonchev–Trinajstić information content (AvgIpc) is 1.41. The highest BCUT2D eigenvalue weighted by molar-refractivity contribution is 8.13. The van der Waals surface area contributed by atoms with Crippen molar-refractivity contribution < 1.29 is 34.4 Å². The standard InChI is InChI=1S/CH3ClO2S.2CH4O3S/c3*1-5(2,3)4/h1H3;2*1H3,(H,2,3,4). The summed E-state index contributed by atoms with van der Waals surface area (Å²) in [7, 11) is -6.03. The van der Waals surface area contributed by atoms with Crippen LogP contribution >= 0.6 is 10.7 Å². The van der Waals surface area contributed by atoms with Crippen molar-refractivity contribution in [1.82, 2.24) is 0 Å². The molecular formula is C3H11ClO8S3. The van der Waals surface area contributed by atoms with Gasteiger partial charge < -0.3 is 0 Å². The summed E-state index contributed by atoms with van der Waals surface area (Å²) in [5, 5.41) is 0. The number of rotatable bonds is 0. The van der Waals surface area contributed by atoms with Gasteiger partial charge in [-0.2, -0.15) is 16.8 Å². The number of halogens is 1. The third-order valence-electron chi connectivity index (χ3n) is 0. The molecule has 96 valence electrons. The Morgan fingerprint density at radius 2 is 0.733 bits per heavy atom. The molecule has 0 rings (SSSR count). The van der Waals surface area contributed by atoms with Gasteiger partial charge in [0.05, 0.1) is 18.8 Å². The fourth-order valence-corrected chi connectivity index (χ4v) is 0. The molecule has 0 heterocycles. The van der Waals surface area contributed by atoms with Crippen LogP contribution in [0.2, 0.25) is 0 Å². The van der Waals surface area contributed by atoms with E-state index < -0.39 is 29.3 Å². The second-order valence-corrected chi connectivity index (χ2v) is 8.12. The molecule has 0 amide bonds. The van der Waals surface area contributed by atoms with Crippen LogP contribution in [0, 0.1) is 0 Å². The van der Waals surface area contributed by atoms with Crippen LogP contribution in [0.15, 0.2) is 0 Å². The highest BCUT2D eigenvalue weighted by atomic mass is 35.7. The maximum atomic E-state index is 9.40. The van der Waals surface area contributed by atoms with E-state index in [1.165, 1.54) is 0 Å². The molecule has 0 aliphatic heterocycles. The largest absolute Gasteiger partial charge is 0.286 e. The lowest BCUT2D eigenvalue weighted by atomic mass is 12.0. The van der Waals surface area contributed by atoms with Crippen molar-refractivity contribution in [3.8, 4) is 0 Å². The molecule has 0 saturated carbocycles. The first-order chi connectivity index (χ1) is 6.00. The van der Waals surface area contributed by atoms with E-state index >= 15 is 0 Å². The number of hydrogen-bond acceptors (Lipinski definition) is 6. The summed E-state index contributed by atoms with van der Waals surface area (Å²) in [6, 6.07) is 0. The van der Waals surface area contributed by atoms with Gasteiger partial charge in [0, 0.05) is 10.7 Å². The van der Waals surface area contributed by atoms with Crippen LogP contribution in [-0.2, 0) is 29.3 Å². The van der Waals surface area contributed by atoms with Gasteiger partial charge in [-0.05, 0) is 0 Å². The van der Waals surface area contributed by atoms with Crippen LogP contribution in [0.1, 0.15) is 0 Å². The van der Waals surface area contributed by atoms with Crippen LogP contribution in [-0.4, -0.2) is 53.1 Å². The minimum Gasteiger partial charge on any atom is -0.286 e. The zero-order chi connectivity index (χ0) is 13.5. The van der Waals surface area contributed by atoms with Crippen LogP contribution < -0.4 is 0 Å². The van der Waals surface area contributed by atoms with Crippen LogP contribution in [0.4, 0.5) is 0 Å². The monoisotopic (exact) mass is 306 g/mol. The highest BCUT2D eigenvalue weighted by Crippen LogP contribution is 1.83. The molecule has 0 saturated heterocycles. The van der Waals surface area contributed by atoms with Gasteiger partial charge in [-0.15, -0.1) is 0 Å². The fraction of sp³-hybridized carbons (Fsp3) is 1.00. The first-order valence-corrected chi connectivity index (χ1v) is 9.16. The summed E-state index contributed by atoms with van der Waals surface area (Å²) in [6.45, 7) is 0. The Labute approximate surface area is 93.2 Å². The predicted octanol–water partition coefficient (Wildman–Crippen LogP) is -0.807. The normalized spacial score (nSPS) is 11.6. The molecule has 0 bridgehead atoms. The highest BCUT2D eigenvalue weighted by Gasteiger charge is 1.84. The molecule has 0 radical (unpaired) electrons. The smallest absolute Gasteiger partial charge is 0.261 e. The average molecular weight is 307 g/mol. The van der Waals surface area contributed by atoms with E-state index in [1.807, 2.05) is 0 Å². The summed E-state index contributed by atoms with van der Waals surface area (Å²) < 4.78 is 70.5. The molecule has 0 aliphatic rings. The van der Waals surface area contributed by atoms with Crippen molar-refractivity contribution in [2.75, 3.05) is 18.8 Å². The van der Waals surface area contributed by atoms with E-state index in [-0.39, 0.29) is 0 Å². The fourth-order valence-electron chi connectivity index (χ4n) is 0. The molecular weight excluding hydrogens is 296 g/mol. The zero-order valence-corrected chi connectivity index (χ0v) is 11.2. The Morgan fingerprint density at radius 3 is 0.733 bits per heavy atom. The van der Waals surface area contributed by atoms with E-state index in [4.69, 9.17) is 9.11 Å². The third kappa shape index (κ3) is 568000. The van der Waals surface area contributed by atoms with E-state index in [1.54, 1.807) is 0 Å². The summed E-state index contributed by atoms with van der Waals surface area (Å²) in [5.74, 6) is 0. The molecule has 0 unspecified atom stereocenters. The molecule has 0 fully saturated rings. The van der Waals surface area contributed by atoms with Crippen molar-refractivity contribution in [2.45, 2.75) is 0 Å². The van der Waals surface area contributed by atoms with Crippen LogP contribution in [0.5, 0.6) is 0 Å². The summed E-state index contributed by atoms with van der Waals surface area (Å²) in [5.41, 5.74) is 0. The van der Waals surface area contributed by atoms with Gasteiger partial charge in [0.2, 0.25) is 9.05 Å². The second kappa shape index (κ2) is 7.35. The SMILES string of the molecule is CS(=O)(=O)Cl.CS(=O)(=O)O.CS(=O)(=O)O. The maximum absolute atomic E-state index is 9.40. The van der Waals surface area contributed by atoms with Gasteiger partial charge in [0.15, 0.2) is 0 Å². The molecule has 0 spiro atoms. The maximum Gasteiger partial charge on any atom is 0.261 e. The summed E-state index contributed by atoms with van der Waals surface area (Å²) in [6.07, 6.45) is 2.36. The Hall–Kier alpha value is 0.0600. The first kappa shape index (κ1) is 20.5. The Bertz CT molecular complexity index is 346. The topological polar surface area (TPSA) is 143 Å². The summed E-state index contributed by atoms with van der Waals surface area (Å²) in [4.78, 5) is 0. The van der Waals surface area contributed by atoms with E-state index in [0.29, 0.717) is 12.5 Å². The first-order valence-electron chi connectivity index (χ1n) is 2.74. The van der Waals surface area contributed by atoms with Gasteiger partial charge in [-0.25, -0.2) is 8.42 Å². The van der Waals surface area contributed by atoms with Crippen LogP contribution in [0.25, 0.3) is 0 Å². The molecule has 2 N–H and O–H groups in total. The molecule has 8 nitrogen and oxygen atoms in total. The Balaban J connectivity index is -0.000000144. The van der Waals surface area contributed by atoms with E-state index in [0.717, 1.165) is 6.26 Å². The molecule has 0 aromatic carbocycles. The Kier molecular flexibility index (Phi) is 10.0. The molecule has 0 aromatic heterocycles. The minimum absolute atomic E-state index is 0.715. The molecule has 0 atom stereocenters.